The largest absolute Gasteiger partial charge is 0.279 e. The maximum absolute atomic E-state index is 13.2. The molecule has 0 aliphatic heterocycles. The van der Waals surface area contributed by atoms with Crippen LogP contribution in [0, 0.1) is 12.7 Å². The molecule has 0 fully saturated rings. The molecule has 2 aromatic carbocycles. The van der Waals surface area contributed by atoms with Gasteiger partial charge in [-0.1, -0.05) is 31.5 Å². The third kappa shape index (κ3) is 3.82. The van der Waals surface area contributed by atoms with E-state index in [1.807, 2.05) is 0 Å². The quantitative estimate of drug-likeness (QED) is 0.911. The fourth-order valence-corrected chi connectivity index (χ4v) is 3.15. The second-order valence-corrected chi connectivity index (χ2v) is 6.64. The number of halogens is 1. The van der Waals surface area contributed by atoms with Crippen molar-refractivity contribution in [1.29, 1.82) is 0 Å². The predicted octanol–water partition coefficient (Wildman–Crippen LogP) is 3.89. The highest BCUT2D eigenvalue weighted by molar-refractivity contribution is 7.92. The molecule has 2 aromatic rings. The Morgan fingerprint density at radius 2 is 1.76 bits per heavy atom. The van der Waals surface area contributed by atoms with Crippen LogP contribution in [0.2, 0.25) is 0 Å². The lowest BCUT2D eigenvalue weighted by Gasteiger charge is -2.11. The number of rotatable bonds is 5. The van der Waals surface area contributed by atoms with Crippen LogP contribution in [0.15, 0.2) is 47.4 Å². The zero-order valence-electron chi connectivity index (χ0n) is 12.1. The van der Waals surface area contributed by atoms with Crippen molar-refractivity contribution in [2.45, 2.75) is 31.6 Å². The Bertz CT molecular complexity index is 724. The van der Waals surface area contributed by atoms with E-state index in [-0.39, 0.29) is 10.6 Å². The van der Waals surface area contributed by atoms with E-state index in [0.717, 1.165) is 18.4 Å². The molecule has 0 aromatic heterocycles. The van der Waals surface area contributed by atoms with Crippen molar-refractivity contribution in [2.24, 2.45) is 0 Å². The van der Waals surface area contributed by atoms with E-state index in [4.69, 9.17) is 0 Å². The van der Waals surface area contributed by atoms with Crippen molar-refractivity contribution in [3.63, 3.8) is 0 Å². The number of anilines is 1. The van der Waals surface area contributed by atoms with Gasteiger partial charge in [-0.2, -0.15) is 0 Å². The summed E-state index contributed by atoms with van der Waals surface area (Å²) in [5.41, 5.74) is 2.02. The highest BCUT2D eigenvalue weighted by atomic mass is 32.2. The molecule has 0 aliphatic carbocycles. The average Bonchev–Trinajstić information content (AvgIpc) is 2.44. The number of nitrogens with one attached hydrogen (secondary N) is 1. The van der Waals surface area contributed by atoms with Gasteiger partial charge in [0.2, 0.25) is 0 Å². The number of benzene rings is 2. The summed E-state index contributed by atoms with van der Waals surface area (Å²) in [5, 5.41) is 0. The van der Waals surface area contributed by atoms with Gasteiger partial charge < -0.3 is 0 Å². The molecule has 0 spiro atoms. The average molecular weight is 307 g/mol. The van der Waals surface area contributed by atoms with Crippen LogP contribution in [0.1, 0.15) is 24.5 Å². The van der Waals surface area contributed by atoms with Crippen LogP contribution in [0.5, 0.6) is 0 Å². The van der Waals surface area contributed by atoms with Crippen LogP contribution >= 0.6 is 0 Å². The van der Waals surface area contributed by atoms with E-state index in [1.54, 1.807) is 31.2 Å². The Labute approximate surface area is 124 Å². The van der Waals surface area contributed by atoms with Crippen molar-refractivity contribution >= 4 is 15.7 Å². The minimum atomic E-state index is -3.70. The van der Waals surface area contributed by atoms with E-state index in [0.29, 0.717) is 5.56 Å². The molecule has 0 aliphatic rings. The number of aryl methyl sites for hydroxylation is 2. The zero-order chi connectivity index (χ0) is 15.5. The summed E-state index contributed by atoms with van der Waals surface area (Å²) in [4.78, 5) is 0.172. The van der Waals surface area contributed by atoms with Gasteiger partial charge in [-0.25, -0.2) is 12.8 Å². The molecule has 1 N–H and O–H groups in total. The van der Waals surface area contributed by atoms with E-state index in [2.05, 4.69) is 11.6 Å². The van der Waals surface area contributed by atoms with Crippen LogP contribution in [0.3, 0.4) is 0 Å². The Balaban J connectivity index is 2.27. The second-order valence-electron chi connectivity index (χ2n) is 4.96. The summed E-state index contributed by atoms with van der Waals surface area (Å²) < 4.78 is 40.3. The van der Waals surface area contributed by atoms with Crippen LogP contribution in [0.25, 0.3) is 0 Å². The molecule has 3 nitrogen and oxygen atoms in total. The van der Waals surface area contributed by atoms with Gasteiger partial charge in [0, 0.05) is 0 Å². The van der Waals surface area contributed by atoms with Gasteiger partial charge in [0.05, 0.1) is 10.6 Å². The number of sulfonamides is 1. The first-order valence-electron chi connectivity index (χ1n) is 6.80. The molecule has 112 valence electrons. The van der Waals surface area contributed by atoms with Gasteiger partial charge in [0.15, 0.2) is 0 Å². The molecule has 0 heterocycles. The fourth-order valence-electron chi connectivity index (χ4n) is 2.03. The lowest BCUT2D eigenvalue weighted by molar-refractivity contribution is 0.601. The number of hydrogen-bond acceptors (Lipinski definition) is 2. The Kier molecular flexibility index (Phi) is 4.63. The third-order valence-electron chi connectivity index (χ3n) is 3.22. The maximum atomic E-state index is 13.2. The molecule has 0 atom stereocenters. The zero-order valence-corrected chi connectivity index (χ0v) is 12.9. The monoisotopic (exact) mass is 307 g/mol. The maximum Gasteiger partial charge on any atom is 0.261 e. The van der Waals surface area contributed by atoms with Crippen molar-refractivity contribution < 1.29 is 12.8 Å². The summed E-state index contributed by atoms with van der Waals surface area (Å²) in [7, 11) is -3.70. The first-order valence-corrected chi connectivity index (χ1v) is 8.28. The number of hydrogen-bond donors (Lipinski definition) is 1. The van der Waals surface area contributed by atoms with E-state index in [1.165, 1.54) is 18.2 Å². The Morgan fingerprint density at radius 1 is 1.10 bits per heavy atom. The van der Waals surface area contributed by atoms with E-state index >= 15 is 0 Å². The summed E-state index contributed by atoms with van der Waals surface area (Å²) in [5.74, 6) is -0.475. The predicted molar refractivity (Wildman–Crippen MR) is 82.4 cm³/mol. The topological polar surface area (TPSA) is 46.2 Å². The standard InChI is InChI=1S/C16H18FNO2S/c1-3-4-13-6-9-15(10-7-13)21(19,20)18-16-11-14(17)8-5-12(16)2/h5-11,18H,3-4H2,1-2H3. The first-order chi connectivity index (χ1) is 9.92. The van der Waals surface area contributed by atoms with Gasteiger partial charge in [-0.05, 0) is 48.7 Å². The second kappa shape index (κ2) is 6.26. The Hall–Kier alpha value is -1.88. The van der Waals surface area contributed by atoms with Gasteiger partial charge in [0.25, 0.3) is 10.0 Å². The van der Waals surface area contributed by atoms with Crippen LogP contribution in [-0.4, -0.2) is 8.42 Å². The van der Waals surface area contributed by atoms with E-state index < -0.39 is 15.8 Å². The molecule has 0 bridgehead atoms. The lowest BCUT2D eigenvalue weighted by atomic mass is 10.1. The molecule has 21 heavy (non-hydrogen) atoms. The SMILES string of the molecule is CCCc1ccc(S(=O)(=O)Nc2cc(F)ccc2C)cc1. The summed E-state index contributed by atoms with van der Waals surface area (Å²) in [6, 6.07) is 10.8. The van der Waals surface area contributed by atoms with Gasteiger partial charge in [0.1, 0.15) is 5.82 Å². The summed E-state index contributed by atoms with van der Waals surface area (Å²) in [6.45, 7) is 3.79. The lowest BCUT2D eigenvalue weighted by Crippen LogP contribution is -2.14. The summed E-state index contributed by atoms with van der Waals surface area (Å²) in [6.07, 6.45) is 1.92. The van der Waals surface area contributed by atoms with Gasteiger partial charge >= 0.3 is 0 Å². The summed E-state index contributed by atoms with van der Waals surface area (Å²) >= 11 is 0. The van der Waals surface area contributed by atoms with E-state index in [9.17, 15) is 12.8 Å². The van der Waals surface area contributed by atoms with Crippen LogP contribution in [0.4, 0.5) is 10.1 Å². The molecule has 2 rings (SSSR count). The normalized spacial score (nSPS) is 11.4. The highest BCUT2D eigenvalue weighted by Gasteiger charge is 2.15. The van der Waals surface area contributed by atoms with Crippen molar-refractivity contribution in [2.75, 3.05) is 4.72 Å². The molecule has 0 saturated heterocycles. The molecule has 5 heteroatoms. The molecule has 0 amide bonds. The smallest absolute Gasteiger partial charge is 0.261 e. The van der Waals surface area contributed by atoms with Crippen molar-refractivity contribution in [3.8, 4) is 0 Å². The fraction of sp³-hybridized carbons (Fsp3) is 0.250. The molecule has 0 unspecified atom stereocenters. The van der Waals surface area contributed by atoms with Gasteiger partial charge in [-0.3, -0.25) is 4.72 Å². The minimum Gasteiger partial charge on any atom is -0.279 e. The highest BCUT2D eigenvalue weighted by Crippen LogP contribution is 2.21. The van der Waals surface area contributed by atoms with Crippen LogP contribution < -0.4 is 4.72 Å². The van der Waals surface area contributed by atoms with Gasteiger partial charge in [-0.15, -0.1) is 0 Å². The first kappa shape index (κ1) is 15.5. The van der Waals surface area contributed by atoms with Crippen molar-refractivity contribution in [3.05, 3.63) is 59.4 Å². The van der Waals surface area contributed by atoms with Crippen LogP contribution in [-0.2, 0) is 16.4 Å². The molecular formula is C16H18FNO2S. The molecule has 0 radical (unpaired) electrons. The minimum absolute atomic E-state index is 0.172. The third-order valence-corrected chi connectivity index (χ3v) is 4.60. The molecular weight excluding hydrogens is 289 g/mol. The molecule has 0 saturated carbocycles. The van der Waals surface area contributed by atoms with Crippen molar-refractivity contribution in [1.82, 2.24) is 0 Å². The Morgan fingerprint density at radius 3 is 2.38 bits per heavy atom.